The molecule has 0 bridgehead atoms. The number of nitrogens with one attached hydrogen (secondary N) is 2. The molecule has 0 fully saturated rings. The second-order valence-electron chi connectivity index (χ2n) is 6.40. The minimum Gasteiger partial charge on any atom is -0.394 e. The van der Waals surface area contributed by atoms with E-state index in [1.54, 1.807) is 6.07 Å². The highest BCUT2D eigenvalue weighted by molar-refractivity contribution is 5.98. The van der Waals surface area contributed by atoms with Crippen molar-refractivity contribution < 1.29 is 9.90 Å². The molecule has 1 aromatic heterocycles. The number of amides is 1. The van der Waals surface area contributed by atoms with Gasteiger partial charge < -0.3 is 15.4 Å². The van der Waals surface area contributed by atoms with Gasteiger partial charge in [-0.1, -0.05) is 20.8 Å². The third-order valence-electron chi connectivity index (χ3n) is 3.23. The van der Waals surface area contributed by atoms with Crippen LogP contribution < -0.4 is 5.32 Å². The van der Waals surface area contributed by atoms with Gasteiger partial charge in [-0.3, -0.25) is 4.79 Å². The van der Waals surface area contributed by atoms with E-state index in [2.05, 4.69) is 31.1 Å². The summed E-state index contributed by atoms with van der Waals surface area (Å²) in [6, 6.07) is 7.25. The third-order valence-corrected chi connectivity index (χ3v) is 3.23. The summed E-state index contributed by atoms with van der Waals surface area (Å²) < 4.78 is 0. The molecular weight excluding hydrogens is 252 g/mol. The van der Waals surface area contributed by atoms with Gasteiger partial charge in [0.25, 0.3) is 5.91 Å². The largest absolute Gasteiger partial charge is 0.394 e. The lowest BCUT2D eigenvalue weighted by atomic mass is 9.88. The fraction of sp³-hybridized carbons (Fsp3) is 0.438. The average Bonchev–Trinajstić information content (AvgIpc) is 2.83. The molecule has 0 aliphatic heterocycles. The SMILES string of the molecule is CC(C)(C)CC(CO)NC(=O)c1ccc2[nH]ccc2c1. The van der Waals surface area contributed by atoms with Crippen LogP contribution in [0.15, 0.2) is 30.5 Å². The second kappa shape index (κ2) is 5.67. The van der Waals surface area contributed by atoms with Gasteiger partial charge in [0.1, 0.15) is 0 Å². The zero-order valence-electron chi connectivity index (χ0n) is 12.2. The molecule has 1 unspecified atom stereocenters. The number of aromatic amines is 1. The lowest BCUT2D eigenvalue weighted by Crippen LogP contribution is -2.40. The number of aliphatic hydroxyl groups excluding tert-OH is 1. The molecule has 3 N–H and O–H groups in total. The second-order valence-corrected chi connectivity index (χ2v) is 6.40. The fourth-order valence-corrected chi connectivity index (χ4v) is 2.36. The molecule has 4 heteroatoms. The number of benzene rings is 1. The van der Waals surface area contributed by atoms with Gasteiger partial charge in [-0.2, -0.15) is 0 Å². The van der Waals surface area contributed by atoms with E-state index in [9.17, 15) is 9.90 Å². The maximum Gasteiger partial charge on any atom is 0.251 e. The van der Waals surface area contributed by atoms with Gasteiger partial charge in [-0.15, -0.1) is 0 Å². The van der Waals surface area contributed by atoms with Crippen LogP contribution in [0.2, 0.25) is 0 Å². The summed E-state index contributed by atoms with van der Waals surface area (Å²) in [7, 11) is 0. The van der Waals surface area contributed by atoms with Gasteiger partial charge in [0.05, 0.1) is 12.6 Å². The number of carbonyl (C=O) groups is 1. The lowest BCUT2D eigenvalue weighted by Gasteiger charge is -2.25. The molecule has 1 amide bonds. The van der Waals surface area contributed by atoms with Crippen LogP contribution >= 0.6 is 0 Å². The number of carbonyl (C=O) groups excluding carboxylic acids is 1. The van der Waals surface area contributed by atoms with Gasteiger partial charge >= 0.3 is 0 Å². The van der Waals surface area contributed by atoms with Crippen LogP contribution in [0.3, 0.4) is 0 Å². The van der Waals surface area contributed by atoms with Crippen molar-refractivity contribution in [2.24, 2.45) is 5.41 Å². The van der Waals surface area contributed by atoms with Crippen molar-refractivity contribution in [3.05, 3.63) is 36.0 Å². The number of hydrogen-bond donors (Lipinski definition) is 3. The van der Waals surface area contributed by atoms with Gasteiger partial charge in [0.2, 0.25) is 0 Å². The zero-order chi connectivity index (χ0) is 14.8. The number of aliphatic hydroxyl groups is 1. The van der Waals surface area contributed by atoms with Crippen LogP contribution in [0.1, 0.15) is 37.6 Å². The van der Waals surface area contributed by atoms with E-state index in [1.807, 2.05) is 24.4 Å². The molecule has 4 nitrogen and oxygen atoms in total. The Morgan fingerprint density at radius 3 is 2.75 bits per heavy atom. The van der Waals surface area contributed by atoms with E-state index in [1.165, 1.54) is 0 Å². The quantitative estimate of drug-likeness (QED) is 0.802. The molecule has 20 heavy (non-hydrogen) atoms. The third kappa shape index (κ3) is 3.61. The molecule has 0 spiro atoms. The van der Waals surface area contributed by atoms with Crippen LogP contribution in [0.25, 0.3) is 10.9 Å². The normalized spacial score (nSPS) is 13.4. The first-order valence-electron chi connectivity index (χ1n) is 6.88. The summed E-state index contributed by atoms with van der Waals surface area (Å²) >= 11 is 0. The Labute approximate surface area is 119 Å². The van der Waals surface area contributed by atoms with Crippen LogP contribution in [0, 0.1) is 5.41 Å². The van der Waals surface area contributed by atoms with Crippen molar-refractivity contribution in [1.29, 1.82) is 0 Å². The molecule has 0 saturated heterocycles. The molecule has 108 valence electrons. The first kappa shape index (κ1) is 14.6. The summed E-state index contributed by atoms with van der Waals surface area (Å²) in [5.41, 5.74) is 1.69. The van der Waals surface area contributed by atoms with Gasteiger partial charge in [-0.25, -0.2) is 0 Å². The van der Waals surface area contributed by atoms with Crippen LogP contribution in [0.4, 0.5) is 0 Å². The van der Waals surface area contributed by atoms with Crippen molar-refractivity contribution >= 4 is 16.8 Å². The molecule has 1 aromatic carbocycles. The Balaban J connectivity index is 2.09. The lowest BCUT2D eigenvalue weighted by molar-refractivity contribution is 0.0898. The summed E-state index contributed by atoms with van der Waals surface area (Å²) in [6.07, 6.45) is 2.59. The Morgan fingerprint density at radius 1 is 1.35 bits per heavy atom. The highest BCUT2D eigenvalue weighted by Crippen LogP contribution is 2.21. The van der Waals surface area contributed by atoms with Crippen molar-refractivity contribution in [1.82, 2.24) is 10.3 Å². The van der Waals surface area contributed by atoms with E-state index in [-0.39, 0.29) is 24.0 Å². The van der Waals surface area contributed by atoms with Gasteiger partial charge in [-0.05, 0) is 36.1 Å². The summed E-state index contributed by atoms with van der Waals surface area (Å²) in [6.45, 7) is 6.23. The molecule has 0 saturated carbocycles. The average molecular weight is 274 g/mol. The molecule has 2 rings (SSSR count). The zero-order valence-corrected chi connectivity index (χ0v) is 12.2. The topological polar surface area (TPSA) is 65.1 Å². The number of H-pyrrole nitrogens is 1. The minimum atomic E-state index is -0.218. The highest BCUT2D eigenvalue weighted by Gasteiger charge is 2.20. The van der Waals surface area contributed by atoms with Gasteiger partial charge in [0.15, 0.2) is 0 Å². The summed E-state index contributed by atoms with van der Waals surface area (Å²) in [5.74, 6) is -0.142. The van der Waals surface area contributed by atoms with Crippen LogP contribution in [-0.4, -0.2) is 28.6 Å². The van der Waals surface area contributed by atoms with Crippen molar-refractivity contribution in [3.63, 3.8) is 0 Å². The monoisotopic (exact) mass is 274 g/mol. The highest BCUT2D eigenvalue weighted by atomic mass is 16.3. The first-order valence-corrected chi connectivity index (χ1v) is 6.88. The molecule has 1 heterocycles. The maximum absolute atomic E-state index is 12.2. The maximum atomic E-state index is 12.2. The molecule has 1 atom stereocenters. The molecular formula is C16H22N2O2. The van der Waals surface area contributed by atoms with E-state index < -0.39 is 0 Å². The Bertz CT molecular complexity index is 596. The van der Waals surface area contributed by atoms with E-state index in [4.69, 9.17) is 0 Å². The number of aromatic nitrogens is 1. The number of rotatable bonds is 4. The van der Waals surface area contributed by atoms with E-state index >= 15 is 0 Å². The van der Waals surface area contributed by atoms with Crippen molar-refractivity contribution in [2.75, 3.05) is 6.61 Å². The van der Waals surface area contributed by atoms with E-state index in [0.717, 1.165) is 17.3 Å². The minimum absolute atomic E-state index is 0.0462. The first-order chi connectivity index (χ1) is 9.39. The molecule has 0 aliphatic rings. The standard InChI is InChI=1S/C16H22N2O2/c1-16(2,3)9-13(10-19)18-15(20)12-4-5-14-11(8-12)6-7-17-14/h4-8,13,17,19H,9-10H2,1-3H3,(H,18,20). The number of fused-ring (bicyclic) bond motifs is 1. The molecule has 0 radical (unpaired) electrons. The predicted molar refractivity (Wildman–Crippen MR) is 80.7 cm³/mol. The van der Waals surface area contributed by atoms with Crippen molar-refractivity contribution in [3.8, 4) is 0 Å². The Morgan fingerprint density at radius 2 is 2.10 bits per heavy atom. The summed E-state index contributed by atoms with van der Waals surface area (Å²) in [5, 5.41) is 13.3. The number of hydrogen-bond acceptors (Lipinski definition) is 2. The Kier molecular flexibility index (Phi) is 4.14. The fourth-order valence-electron chi connectivity index (χ4n) is 2.36. The van der Waals surface area contributed by atoms with Crippen molar-refractivity contribution in [2.45, 2.75) is 33.2 Å². The van der Waals surface area contributed by atoms with Crippen LogP contribution in [0.5, 0.6) is 0 Å². The van der Waals surface area contributed by atoms with Gasteiger partial charge in [0, 0.05) is 22.7 Å². The van der Waals surface area contributed by atoms with Crippen LogP contribution in [-0.2, 0) is 0 Å². The van der Waals surface area contributed by atoms with E-state index in [0.29, 0.717) is 5.56 Å². The smallest absolute Gasteiger partial charge is 0.251 e. The Hall–Kier alpha value is -1.81. The molecule has 0 aliphatic carbocycles. The molecule has 2 aromatic rings. The predicted octanol–water partition coefficient (Wildman–Crippen LogP) is 2.69. The summed E-state index contributed by atoms with van der Waals surface area (Å²) in [4.78, 5) is 15.3.